The van der Waals surface area contributed by atoms with Gasteiger partial charge in [0.1, 0.15) is 0 Å². The first-order valence-corrected chi connectivity index (χ1v) is 5.99. The molecule has 1 aromatic heterocycles. The van der Waals surface area contributed by atoms with Gasteiger partial charge in [-0.15, -0.1) is 0 Å². The van der Waals surface area contributed by atoms with Gasteiger partial charge in [0.25, 0.3) is 0 Å². The van der Waals surface area contributed by atoms with Crippen molar-refractivity contribution in [3.63, 3.8) is 0 Å². The molecule has 0 aliphatic carbocycles. The highest BCUT2D eigenvalue weighted by atomic mass is 19.4. The van der Waals surface area contributed by atoms with Crippen molar-refractivity contribution < 1.29 is 17.9 Å². The molecule has 0 aliphatic heterocycles. The van der Waals surface area contributed by atoms with E-state index in [4.69, 9.17) is 10.00 Å². The third-order valence-corrected chi connectivity index (χ3v) is 3.22. The molecule has 2 aromatic rings. The van der Waals surface area contributed by atoms with Crippen molar-refractivity contribution in [1.29, 1.82) is 5.26 Å². The van der Waals surface area contributed by atoms with E-state index in [2.05, 4.69) is 0 Å². The number of benzene rings is 1. The number of halogens is 3. The molecule has 3 nitrogen and oxygen atoms in total. The molecule has 0 spiro atoms. The number of fused-ring (bicyclic) bond motifs is 1. The summed E-state index contributed by atoms with van der Waals surface area (Å²) in [6.45, 7) is 2.61. The first kappa shape index (κ1) is 14.4. The summed E-state index contributed by atoms with van der Waals surface area (Å²) >= 11 is 0. The third-order valence-electron chi connectivity index (χ3n) is 3.22. The van der Waals surface area contributed by atoms with Crippen LogP contribution < -0.4 is 0 Å². The molecule has 0 amide bonds. The van der Waals surface area contributed by atoms with Gasteiger partial charge in [-0.25, -0.2) is 0 Å². The molecule has 0 bridgehead atoms. The van der Waals surface area contributed by atoms with Crippen LogP contribution in [0.5, 0.6) is 0 Å². The SMILES string of the molecule is COCCn1c(C)cc2c(C(F)(F)F)c(C#N)ccc21. The minimum absolute atomic E-state index is 0.0603. The quantitative estimate of drug-likeness (QED) is 0.864. The van der Waals surface area contributed by atoms with Crippen molar-refractivity contribution >= 4 is 10.9 Å². The van der Waals surface area contributed by atoms with Crippen molar-refractivity contribution in [2.24, 2.45) is 0 Å². The van der Waals surface area contributed by atoms with Crippen LogP contribution in [-0.4, -0.2) is 18.3 Å². The number of nitriles is 1. The number of hydrogen-bond acceptors (Lipinski definition) is 2. The minimum atomic E-state index is -4.55. The smallest absolute Gasteiger partial charge is 0.383 e. The lowest BCUT2D eigenvalue weighted by Crippen LogP contribution is -2.09. The van der Waals surface area contributed by atoms with Crippen molar-refractivity contribution in [1.82, 2.24) is 4.57 Å². The topological polar surface area (TPSA) is 38.0 Å². The van der Waals surface area contributed by atoms with E-state index in [1.807, 2.05) is 0 Å². The highest BCUT2D eigenvalue weighted by Gasteiger charge is 2.36. The number of hydrogen-bond donors (Lipinski definition) is 0. The minimum Gasteiger partial charge on any atom is -0.383 e. The van der Waals surface area contributed by atoms with E-state index in [1.54, 1.807) is 23.6 Å². The van der Waals surface area contributed by atoms with E-state index in [9.17, 15) is 13.2 Å². The highest BCUT2D eigenvalue weighted by Crippen LogP contribution is 2.38. The highest BCUT2D eigenvalue weighted by molar-refractivity contribution is 5.87. The molecule has 0 N–H and O–H groups in total. The molecule has 1 heterocycles. The zero-order valence-electron chi connectivity index (χ0n) is 11.1. The Labute approximate surface area is 114 Å². The number of aromatic nitrogens is 1. The summed E-state index contributed by atoms with van der Waals surface area (Å²) in [5.41, 5.74) is -0.0471. The molecule has 0 saturated heterocycles. The maximum absolute atomic E-state index is 13.2. The molecule has 0 atom stereocenters. The number of nitrogens with zero attached hydrogens (tertiary/aromatic N) is 2. The Hall–Kier alpha value is -2.00. The van der Waals surface area contributed by atoms with Crippen LogP contribution in [0.2, 0.25) is 0 Å². The summed E-state index contributed by atoms with van der Waals surface area (Å²) in [7, 11) is 1.54. The fourth-order valence-electron chi connectivity index (χ4n) is 2.34. The van der Waals surface area contributed by atoms with Crippen molar-refractivity contribution in [2.75, 3.05) is 13.7 Å². The Bertz CT molecular complexity index is 680. The predicted molar refractivity (Wildman–Crippen MR) is 68.3 cm³/mol. The van der Waals surface area contributed by atoms with E-state index >= 15 is 0 Å². The van der Waals surface area contributed by atoms with Crippen LogP contribution in [0.25, 0.3) is 10.9 Å². The fourth-order valence-corrected chi connectivity index (χ4v) is 2.34. The van der Waals surface area contributed by atoms with E-state index in [-0.39, 0.29) is 10.9 Å². The summed E-state index contributed by atoms with van der Waals surface area (Å²) in [4.78, 5) is 0. The molecular formula is C14H13F3N2O. The third kappa shape index (κ3) is 2.37. The molecule has 1 aromatic carbocycles. The predicted octanol–water partition coefficient (Wildman–Crippen LogP) is 3.49. The molecule has 0 saturated carbocycles. The van der Waals surface area contributed by atoms with Gasteiger partial charge in [0, 0.05) is 30.3 Å². The van der Waals surface area contributed by atoms with Gasteiger partial charge in [-0.2, -0.15) is 18.4 Å². The summed E-state index contributed by atoms with van der Waals surface area (Å²) in [6.07, 6.45) is -4.55. The number of methoxy groups -OCH3 is 1. The van der Waals surface area contributed by atoms with Crippen LogP contribution >= 0.6 is 0 Å². The lowest BCUT2D eigenvalue weighted by molar-refractivity contribution is -0.136. The van der Waals surface area contributed by atoms with Gasteiger partial charge in [-0.05, 0) is 25.1 Å². The normalized spacial score (nSPS) is 11.8. The lowest BCUT2D eigenvalue weighted by atomic mass is 10.0. The summed E-state index contributed by atoms with van der Waals surface area (Å²) in [5, 5.41) is 8.94. The number of alkyl halides is 3. The molecule has 0 unspecified atom stereocenters. The largest absolute Gasteiger partial charge is 0.418 e. The zero-order valence-corrected chi connectivity index (χ0v) is 11.1. The zero-order chi connectivity index (χ0) is 14.9. The molecule has 0 fully saturated rings. The van der Waals surface area contributed by atoms with E-state index < -0.39 is 11.7 Å². The summed E-state index contributed by atoms with van der Waals surface area (Å²) < 4.78 is 46.2. The first-order chi connectivity index (χ1) is 9.40. The summed E-state index contributed by atoms with van der Waals surface area (Å²) in [6, 6.07) is 5.84. The van der Waals surface area contributed by atoms with Gasteiger partial charge in [0.2, 0.25) is 0 Å². The Balaban J connectivity index is 2.74. The van der Waals surface area contributed by atoms with Crippen LogP contribution in [0.4, 0.5) is 13.2 Å². The van der Waals surface area contributed by atoms with Crippen LogP contribution in [0.3, 0.4) is 0 Å². The monoisotopic (exact) mass is 282 g/mol. The number of ether oxygens (including phenoxy) is 1. The molecule has 0 radical (unpaired) electrons. The maximum Gasteiger partial charge on any atom is 0.418 e. The summed E-state index contributed by atoms with van der Waals surface area (Å²) in [5.74, 6) is 0. The van der Waals surface area contributed by atoms with Gasteiger partial charge in [0.15, 0.2) is 0 Å². The van der Waals surface area contributed by atoms with Crippen molar-refractivity contribution in [3.8, 4) is 6.07 Å². The molecule has 2 rings (SSSR count). The van der Waals surface area contributed by atoms with E-state index in [1.165, 1.54) is 19.2 Å². The Kier molecular flexibility index (Phi) is 3.73. The van der Waals surface area contributed by atoms with E-state index in [0.717, 1.165) is 0 Å². The van der Waals surface area contributed by atoms with Crippen LogP contribution in [0, 0.1) is 18.3 Å². The average molecular weight is 282 g/mol. The van der Waals surface area contributed by atoms with Gasteiger partial charge >= 0.3 is 6.18 Å². The Morgan fingerprint density at radius 1 is 1.35 bits per heavy atom. The molecule has 0 aliphatic rings. The first-order valence-electron chi connectivity index (χ1n) is 5.99. The lowest BCUT2D eigenvalue weighted by Gasteiger charge is -2.11. The Morgan fingerprint density at radius 3 is 2.60 bits per heavy atom. The maximum atomic E-state index is 13.2. The van der Waals surface area contributed by atoms with Gasteiger partial charge in [0.05, 0.1) is 23.8 Å². The number of aryl methyl sites for hydroxylation is 1. The van der Waals surface area contributed by atoms with Crippen LogP contribution in [-0.2, 0) is 17.5 Å². The molecule has 106 valence electrons. The molecular weight excluding hydrogens is 269 g/mol. The average Bonchev–Trinajstić information content (AvgIpc) is 2.69. The second-order valence-electron chi connectivity index (χ2n) is 4.46. The van der Waals surface area contributed by atoms with Gasteiger partial charge < -0.3 is 9.30 Å². The second kappa shape index (κ2) is 5.17. The van der Waals surface area contributed by atoms with Gasteiger partial charge in [-0.1, -0.05) is 0 Å². The van der Waals surface area contributed by atoms with Crippen LogP contribution in [0.1, 0.15) is 16.8 Å². The fraction of sp³-hybridized carbons (Fsp3) is 0.357. The van der Waals surface area contributed by atoms with Gasteiger partial charge in [-0.3, -0.25) is 0 Å². The van der Waals surface area contributed by atoms with Crippen molar-refractivity contribution in [2.45, 2.75) is 19.6 Å². The molecule has 20 heavy (non-hydrogen) atoms. The van der Waals surface area contributed by atoms with Crippen molar-refractivity contribution in [3.05, 3.63) is 35.0 Å². The van der Waals surface area contributed by atoms with Crippen LogP contribution in [0.15, 0.2) is 18.2 Å². The molecule has 6 heteroatoms. The number of rotatable bonds is 3. The second-order valence-corrected chi connectivity index (χ2v) is 4.46. The van der Waals surface area contributed by atoms with E-state index in [0.29, 0.717) is 24.4 Å². The Morgan fingerprint density at radius 2 is 2.05 bits per heavy atom. The standard InChI is InChI=1S/C14H13F3N2O/c1-9-7-11-12(19(9)5-6-20-2)4-3-10(8-18)13(11)14(15,16)17/h3-4,7H,5-6H2,1-2H3.